The van der Waals surface area contributed by atoms with Crippen molar-refractivity contribution in [2.75, 3.05) is 13.2 Å². The summed E-state index contributed by atoms with van der Waals surface area (Å²) in [4.78, 5) is 26.4. The van der Waals surface area contributed by atoms with E-state index in [1.807, 2.05) is 13.8 Å². The van der Waals surface area contributed by atoms with Gasteiger partial charge in [-0.3, -0.25) is 14.5 Å². The summed E-state index contributed by atoms with van der Waals surface area (Å²) in [5, 5.41) is -0.317. The zero-order valence-electron chi connectivity index (χ0n) is 15.9. The van der Waals surface area contributed by atoms with E-state index < -0.39 is 17.0 Å². The highest BCUT2D eigenvalue weighted by atomic mass is 35.5. The number of hydrogen-bond acceptors (Lipinski definition) is 5. The fourth-order valence-corrected chi connectivity index (χ4v) is 3.84. The number of thioether (sulfide) groups is 1. The van der Waals surface area contributed by atoms with Crippen LogP contribution < -0.4 is 9.47 Å². The van der Waals surface area contributed by atoms with Gasteiger partial charge < -0.3 is 9.47 Å². The molecule has 1 fully saturated rings. The first-order chi connectivity index (χ1) is 13.9. The molecule has 1 heterocycles. The van der Waals surface area contributed by atoms with E-state index >= 15 is 0 Å². The molecule has 2 aromatic rings. The number of nitrogens with zero attached hydrogens (tertiary/aromatic N) is 1. The van der Waals surface area contributed by atoms with Crippen LogP contribution in [0, 0.1) is 5.82 Å². The Labute approximate surface area is 177 Å². The minimum atomic E-state index is -0.564. The molecule has 0 radical (unpaired) electrons. The molecule has 0 N–H and O–H groups in total. The van der Waals surface area contributed by atoms with Gasteiger partial charge in [-0.2, -0.15) is 0 Å². The van der Waals surface area contributed by atoms with Crippen LogP contribution in [0.1, 0.15) is 25.0 Å². The minimum Gasteiger partial charge on any atom is -0.494 e. The molecular formula is C21H19ClFNO4S. The van der Waals surface area contributed by atoms with Crippen LogP contribution in [0.25, 0.3) is 6.08 Å². The Bertz CT molecular complexity index is 959. The maximum Gasteiger partial charge on any atom is 0.293 e. The molecule has 0 aliphatic carbocycles. The van der Waals surface area contributed by atoms with Crippen molar-refractivity contribution in [1.29, 1.82) is 0 Å². The van der Waals surface area contributed by atoms with E-state index in [9.17, 15) is 14.0 Å². The van der Waals surface area contributed by atoms with Crippen LogP contribution in [0.15, 0.2) is 41.3 Å². The summed E-state index contributed by atoms with van der Waals surface area (Å²) in [6.07, 6.45) is 1.59. The van der Waals surface area contributed by atoms with Crippen molar-refractivity contribution in [3.05, 3.63) is 63.3 Å². The molecule has 3 rings (SSSR count). The van der Waals surface area contributed by atoms with Crippen molar-refractivity contribution in [2.45, 2.75) is 20.4 Å². The molecule has 1 aliphatic rings. The van der Waals surface area contributed by atoms with E-state index in [1.54, 1.807) is 24.3 Å². The molecule has 2 aromatic carbocycles. The maximum absolute atomic E-state index is 14.1. The molecule has 0 bridgehead atoms. The molecular weight excluding hydrogens is 417 g/mol. The molecule has 29 heavy (non-hydrogen) atoms. The highest BCUT2D eigenvalue weighted by Crippen LogP contribution is 2.36. The lowest BCUT2D eigenvalue weighted by Gasteiger charge is -2.14. The van der Waals surface area contributed by atoms with Gasteiger partial charge in [0.25, 0.3) is 11.1 Å². The molecule has 5 nitrogen and oxygen atoms in total. The monoisotopic (exact) mass is 435 g/mol. The van der Waals surface area contributed by atoms with Gasteiger partial charge in [-0.1, -0.05) is 17.7 Å². The quantitative estimate of drug-likeness (QED) is 0.536. The van der Waals surface area contributed by atoms with Gasteiger partial charge in [0.15, 0.2) is 0 Å². The fraction of sp³-hybridized carbons (Fsp3) is 0.238. The maximum atomic E-state index is 14.1. The first kappa shape index (κ1) is 21.2. The molecule has 0 unspecified atom stereocenters. The number of ether oxygens (including phenoxy) is 2. The lowest BCUT2D eigenvalue weighted by Crippen LogP contribution is -2.28. The second-order valence-electron chi connectivity index (χ2n) is 6.03. The van der Waals surface area contributed by atoms with Crippen LogP contribution in [0.3, 0.4) is 0 Å². The van der Waals surface area contributed by atoms with Crippen molar-refractivity contribution < 1.29 is 23.5 Å². The number of carbonyl (C=O) groups excluding carboxylic acids is 2. The lowest BCUT2D eigenvalue weighted by molar-refractivity contribution is -0.123. The summed E-state index contributed by atoms with van der Waals surface area (Å²) >= 11 is 6.82. The van der Waals surface area contributed by atoms with Crippen LogP contribution in [0.5, 0.6) is 11.5 Å². The Morgan fingerprint density at radius 2 is 1.90 bits per heavy atom. The SMILES string of the molecule is CCOc1ccc(/C=C2\SC(=O)N(Cc3c(F)cccc3Cl)C2=O)c(OCC)c1. The van der Waals surface area contributed by atoms with Crippen LogP contribution in [-0.2, 0) is 11.3 Å². The summed E-state index contributed by atoms with van der Waals surface area (Å²) in [5.74, 6) is 0.124. The molecule has 0 aromatic heterocycles. The summed E-state index contributed by atoms with van der Waals surface area (Å²) in [7, 11) is 0. The van der Waals surface area contributed by atoms with Gasteiger partial charge in [-0.15, -0.1) is 0 Å². The Morgan fingerprint density at radius 1 is 1.14 bits per heavy atom. The van der Waals surface area contributed by atoms with Crippen LogP contribution in [-0.4, -0.2) is 29.3 Å². The number of carbonyl (C=O) groups is 2. The molecule has 2 amide bonds. The minimum absolute atomic E-state index is 0.105. The third-order valence-electron chi connectivity index (χ3n) is 4.13. The number of benzene rings is 2. The Morgan fingerprint density at radius 3 is 2.59 bits per heavy atom. The second kappa shape index (κ2) is 9.33. The average molecular weight is 436 g/mol. The van der Waals surface area contributed by atoms with E-state index in [2.05, 4.69) is 0 Å². The first-order valence-corrected chi connectivity index (χ1v) is 10.2. The Hall–Kier alpha value is -2.51. The highest BCUT2D eigenvalue weighted by Gasteiger charge is 2.36. The number of amides is 2. The predicted molar refractivity (Wildman–Crippen MR) is 112 cm³/mol. The molecule has 0 atom stereocenters. The smallest absolute Gasteiger partial charge is 0.293 e. The molecule has 1 aliphatic heterocycles. The first-order valence-electron chi connectivity index (χ1n) is 9.02. The molecule has 0 saturated carbocycles. The fourth-order valence-electron chi connectivity index (χ4n) is 2.79. The van der Waals surface area contributed by atoms with E-state index in [0.29, 0.717) is 30.3 Å². The van der Waals surface area contributed by atoms with Crippen molar-refractivity contribution in [3.63, 3.8) is 0 Å². The summed E-state index contributed by atoms with van der Waals surface area (Å²) in [5.41, 5.74) is 0.749. The van der Waals surface area contributed by atoms with Crippen molar-refractivity contribution in [1.82, 2.24) is 4.90 Å². The summed E-state index contributed by atoms with van der Waals surface area (Å²) < 4.78 is 25.2. The summed E-state index contributed by atoms with van der Waals surface area (Å²) in [6, 6.07) is 9.49. The zero-order valence-corrected chi connectivity index (χ0v) is 17.5. The van der Waals surface area contributed by atoms with Crippen LogP contribution >= 0.6 is 23.4 Å². The average Bonchev–Trinajstić information content (AvgIpc) is 2.94. The number of imide groups is 1. The van der Waals surface area contributed by atoms with Crippen molar-refractivity contribution in [3.8, 4) is 11.5 Å². The predicted octanol–water partition coefficient (Wildman–Crippen LogP) is 5.51. The lowest BCUT2D eigenvalue weighted by atomic mass is 10.1. The van der Waals surface area contributed by atoms with Gasteiger partial charge in [-0.25, -0.2) is 4.39 Å². The topological polar surface area (TPSA) is 55.8 Å². The van der Waals surface area contributed by atoms with Gasteiger partial charge in [0.05, 0.1) is 24.7 Å². The number of hydrogen-bond donors (Lipinski definition) is 0. The van der Waals surface area contributed by atoms with Crippen LogP contribution in [0.2, 0.25) is 5.02 Å². The summed E-state index contributed by atoms with van der Waals surface area (Å²) in [6.45, 7) is 4.45. The zero-order chi connectivity index (χ0) is 21.0. The third-order valence-corrected chi connectivity index (χ3v) is 5.40. The normalized spacial score (nSPS) is 15.3. The second-order valence-corrected chi connectivity index (χ2v) is 7.43. The van der Waals surface area contributed by atoms with Gasteiger partial charge in [0.1, 0.15) is 17.3 Å². The van der Waals surface area contributed by atoms with Crippen molar-refractivity contribution >= 4 is 40.6 Å². The molecule has 152 valence electrons. The highest BCUT2D eigenvalue weighted by molar-refractivity contribution is 8.18. The van der Waals surface area contributed by atoms with Gasteiger partial charge in [0.2, 0.25) is 0 Å². The van der Waals surface area contributed by atoms with Gasteiger partial charge in [0, 0.05) is 22.2 Å². The van der Waals surface area contributed by atoms with Gasteiger partial charge >= 0.3 is 0 Å². The number of halogens is 2. The van der Waals surface area contributed by atoms with Gasteiger partial charge in [-0.05, 0) is 56.0 Å². The largest absolute Gasteiger partial charge is 0.494 e. The Balaban J connectivity index is 1.88. The number of rotatable bonds is 7. The van der Waals surface area contributed by atoms with Crippen LogP contribution in [0.4, 0.5) is 9.18 Å². The van der Waals surface area contributed by atoms with Crippen molar-refractivity contribution in [2.24, 2.45) is 0 Å². The van der Waals surface area contributed by atoms with E-state index in [4.69, 9.17) is 21.1 Å². The standard InChI is InChI=1S/C21H19ClFNO4S/c1-3-27-14-9-8-13(18(11-14)28-4-2)10-19-20(25)24(21(26)29-19)12-15-16(22)6-5-7-17(15)23/h5-11H,3-4,12H2,1-2H3/b19-10-. The van der Waals surface area contributed by atoms with E-state index in [1.165, 1.54) is 18.2 Å². The molecule has 1 saturated heterocycles. The Kier molecular flexibility index (Phi) is 6.82. The van der Waals surface area contributed by atoms with E-state index in [0.717, 1.165) is 16.7 Å². The third kappa shape index (κ3) is 4.74. The van der Waals surface area contributed by atoms with E-state index in [-0.39, 0.29) is 22.0 Å². The molecule has 8 heteroatoms. The molecule has 0 spiro atoms.